The van der Waals surface area contributed by atoms with Gasteiger partial charge in [-0.15, -0.1) is 0 Å². The first kappa shape index (κ1) is 22.0. The summed E-state index contributed by atoms with van der Waals surface area (Å²) in [7, 11) is 1.55. The number of benzene rings is 2. The molecule has 7 heteroatoms. The predicted molar refractivity (Wildman–Crippen MR) is 120 cm³/mol. The number of hydrogen-bond acceptors (Lipinski definition) is 7. The fourth-order valence-electron chi connectivity index (χ4n) is 4.49. The lowest BCUT2D eigenvalue weighted by Gasteiger charge is -2.29. The van der Waals surface area contributed by atoms with Gasteiger partial charge in [-0.3, -0.25) is 4.79 Å². The Balaban J connectivity index is 1.32. The van der Waals surface area contributed by atoms with Crippen molar-refractivity contribution in [2.24, 2.45) is 0 Å². The average molecular weight is 455 g/mol. The van der Waals surface area contributed by atoms with Crippen molar-refractivity contribution in [1.29, 1.82) is 0 Å². The molecule has 2 fully saturated rings. The van der Waals surface area contributed by atoms with Gasteiger partial charge in [0.05, 0.1) is 26.7 Å². The Bertz CT molecular complexity index is 959. The maximum atomic E-state index is 13.0. The summed E-state index contributed by atoms with van der Waals surface area (Å²) in [5.41, 5.74) is 1.37. The van der Waals surface area contributed by atoms with Crippen LogP contribution < -0.4 is 18.9 Å². The highest BCUT2D eigenvalue weighted by Crippen LogP contribution is 2.43. The van der Waals surface area contributed by atoms with E-state index in [9.17, 15) is 4.79 Å². The van der Waals surface area contributed by atoms with Gasteiger partial charge in [0.15, 0.2) is 18.4 Å². The summed E-state index contributed by atoms with van der Waals surface area (Å²) in [6.07, 6.45) is 5.40. The number of carbonyl (C=O) groups is 1. The van der Waals surface area contributed by atoms with E-state index in [-0.39, 0.29) is 24.8 Å². The van der Waals surface area contributed by atoms with Gasteiger partial charge in [0, 0.05) is 25.0 Å². The van der Waals surface area contributed by atoms with Crippen molar-refractivity contribution in [1.82, 2.24) is 0 Å². The summed E-state index contributed by atoms with van der Waals surface area (Å²) in [4.78, 5) is 13.0. The zero-order valence-electron chi connectivity index (χ0n) is 18.9. The van der Waals surface area contributed by atoms with Crippen LogP contribution in [0.15, 0.2) is 36.4 Å². The second kappa shape index (κ2) is 10.0. The van der Waals surface area contributed by atoms with Gasteiger partial charge in [-0.2, -0.15) is 0 Å². The van der Waals surface area contributed by atoms with E-state index < -0.39 is 6.10 Å². The molecule has 3 aliphatic rings. The molecule has 0 amide bonds. The number of carbonyl (C=O) groups excluding carboxylic acids is 1. The van der Waals surface area contributed by atoms with Gasteiger partial charge in [-0.1, -0.05) is 12.1 Å². The monoisotopic (exact) mass is 454 g/mol. The third kappa shape index (κ3) is 5.09. The topological polar surface area (TPSA) is 72.5 Å². The normalized spacial score (nSPS) is 25.0. The third-order valence-electron chi connectivity index (χ3n) is 6.24. The van der Waals surface area contributed by atoms with Crippen LogP contribution in [0.25, 0.3) is 0 Å². The number of rotatable bonds is 6. The van der Waals surface area contributed by atoms with Gasteiger partial charge >= 0.3 is 0 Å². The van der Waals surface area contributed by atoms with E-state index in [0.717, 1.165) is 56.4 Å². The minimum atomic E-state index is -0.393. The van der Waals surface area contributed by atoms with Crippen molar-refractivity contribution >= 4 is 5.78 Å². The smallest absolute Gasteiger partial charge is 0.199 e. The largest absolute Gasteiger partial charge is 0.496 e. The summed E-state index contributed by atoms with van der Waals surface area (Å²) in [5.74, 6) is 2.23. The van der Waals surface area contributed by atoms with Crippen LogP contribution in [-0.2, 0) is 9.47 Å². The highest BCUT2D eigenvalue weighted by molar-refractivity contribution is 6.02. The first-order valence-corrected chi connectivity index (χ1v) is 11.8. The van der Waals surface area contributed by atoms with Crippen LogP contribution in [0.1, 0.15) is 67.0 Å². The number of hydrogen-bond donors (Lipinski definition) is 0. The van der Waals surface area contributed by atoms with Gasteiger partial charge < -0.3 is 28.4 Å². The molecule has 2 aromatic rings. The van der Waals surface area contributed by atoms with Gasteiger partial charge in [0.1, 0.15) is 34.7 Å². The van der Waals surface area contributed by atoms with Crippen molar-refractivity contribution < 1.29 is 33.2 Å². The molecule has 3 unspecified atom stereocenters. The number of ketones is 1. The second-order valence-corrected chi connectivity index (χ2v) is 8.63. The molecule has 0 aromatic heterocycles. The Labute approximate surface area is 193 Å². The van der Waals surface area contributed by atoms with Crippen LogP contribution in [0.4, 0.5) is 0 Å². The van der Waals surface area contributed by atoms with E-state index in [4.69, 9.17) is 28.4 Å². The molecule has 33 heavy (non-hydrogen) atoms. The first-order valence-electron chi connectivity index (χ1n) is 11.8. The summed E-state index contributed by atoms with van der Waals surface area (Å²) >= 11 is 0. The van der Waals surface area contributed by atoms with Gasteiger partial charge in [-0.25, -0.2) is 0 Å². The lowest BCUT2D eigenvalue weighted by molar-refractivity contribution is -0.106. The van der Waals surface area contributed by atoms with E-state index in [1.807, 2.05) is 24.3 Å². The molecule has 0 radical (unpaired) electrons. The average Bonchev–Trinajstić information content (AvgIpc) is 2.85. The quantitative estimate of drug-likeness (QED) is 0.593. The highest BCUT2D eigenvalue weighted by atomic mass is 16.7. The van der Waals surface area contributed by atoms with Crippen LogP contribution in [0.2, 0.25) is 0 Å². The van der Waals surface area contributed by atoms with Crippen LogP contribution in [0.3, 0.4) is 0 Å². The van der Waals surface area contributed by atoms with E-state index >= 15 is 0 Å². The molecule has 0 aliphatic carbocycles. The molecule has 2 saturated heterocycles. The molecule has 0 N–H and O–H groups in total. The Morgan fingerprint density at radius 2 is 1.52 bits per heavy atom. The molecule has 0 bridgehead atoms. The van der Waals surface area contributed by atoms with Gasteiger partial charge in [0.25, 0.3) is 0 Å². The highest BCUT2D eigenvalue weighted by Gasteiger charge is 2.32. The van der Waals surface area contributed by atoms with Crippen LogP contribution in [0, 0.1) is 0 Å². The van der Waals surface area contributed by atoms with Crippen molar-refractivity contribution in [3.05, 3.63) is 47.5 Å². The van der Waals surface area contributed by atoms with Crippen molar-refractivity contribution in [2.75, 3.05) is 20.3 Å². The van der Waals surface area contributed by atoms with E-state index in [0.29, 0.717) is 29.4 Å². The fourth-order valence-corrected chi connectivity index (χ4v) is 4.49. The van der Waals surface area contributed by atoms with Crippen molar-refractivity contribution in [3.63, 3.8) is 0 Å². The van der Waals surface area contributed by atoms with Crippen LogP contribution >= 0.6 is 0 Å². The second-order valence-electron chi connectivity index (χ2n) is 8.63. The maximum absolute atomic E-state index is 13.0. The van der Waals surface area contributed by atoms with Crippen molar-refractivity contribution in [3.8, 4) is 23.0 Å². The van der Waals surface area contributed by atoms with Crippen LogP contribution in [0.5, 0.6) is 23.0 Å². The lowest BCUT2D eigenvalue weighted by Crippen LogP contribution is -2.25. The fraction of sp³-hybridized carbons (Fsp3) is 0.500. The number of Topliss-reactive ketones (excluding diaryl/α,β-unsaturated/α-hetero) is 1. The molecule has 7 nitrogen and oxygen atoms in total. The third-order valence-corrected chi connectivity index (χ3v) is 6.24. The summed E-state index contributed by atoms with van der Waals surface area (Å²) in [6, 6.07) is 11.2. The summed E-state index contributed by atoms with van der Waals surface area (Å²) in [6.45, 7) is 1.43. The minimum absolute atomic E-state index is 0.0190. The minimum Gasteiger partial charge on any atom is -0.496 e. The molecule has 3 atom stereocenters. The molecule has 0 saturated carbocycles. The molecule has 3 aliphatic heterocycles. The van der Waals surface area contributed by atoms with Gasteiger partial charge in [-0.05, 0) is 43.4 Å². The molecular formula is C26H30O7. The molecule has 3 heterocycles. The lowest BCUT2D eigenvalue weighted by atomic mass is 9.95. The Morgan fingerprint density at radius 1 is 0.848 bits per heavy atom. The van der Waals surface area contributed by atoms with E-state index in [2.05, 4.69) is 0 Å². The molecule has 0 spiro atoms. The summed E-state index contributed by atoms with van der Waals surface area (Å²) < 4.78 is 35.0. The SMILES string of the molecule is COc1cc(OC2CCCCO2)cc2c1C(=O)CC(c1ccc(OC3CCCCO3)cc1)O2. The number of ether oxygens (including phenoxy) is 6. The number of fused-ring (bicyclic) bond motifs is 1. The molecule has 176 valence electrons. The predicted octanol–water partition coefficient (Wildman–Crippen LogP) is 5.21. The molecule has 2 aromatic carbocycles. The van der Waals surface area contributed by atoms with E-state index in [1.165, 1.54) is 0 Å². The zero-order chi connectivity index (χ0) is 22.6. The Morgan fingerprint density at radius 3 is 2.12 bits per heavy atom. The van der Waals surface area contributed by atoms with E-state index in [1.54, 1.807) is 19.2 Å². The Hall–Kier alpha value is -2.77. The number of methoxy groups -OCH3 is 1. The molecular weight excluding hydrogens is 424 g/mol. The van der Waals surface area contributed by atoms with Crippen molar-refractivity contribution in [2.45, 2.75) is 63.6 Å². The van der Waals surface area contributed by atoms with Crippen LogP contribution in [-0.4, -0.2) is 38.7 Å². The standard InChI is InChI=1S/C26H30O7/c1-28-22-14-19(32-25-7-3-5-13-30-25)15-23-26(22)20(27)16-21(33-23)17-8-10-18(11-9-17)31-24-6-2-4-12-29-24/h8-11,14-15,21,24-25H,2-7,12-13,16H2,1H3. The maximum Gasteiger partial charge on any atom is 0.199 e. The first-order chi connectivity index (χ1) is 16.2. The molecule has 5 rings (SSSR count). The summed E-state index contributed by atoms with van der Waals surface area (Å²) in [5, 5.41) is 0. The van der Waals surface area contributed by atoms with Gasteiger partial charge in [0.2, 0.25) is 0 Å². The zero-order valence-corrected chi connectivity index (χ0v) is 18.9. The Kier molecular flexibility index (Phi) is 6.69.